The van der Waals surface area contributed by atoms with E-state index in [0.717, 1.165) is 33.2 Å². The number of nitrogens with zero attached hydrogens (tertiary/aromatic N) is 3. The number of fused-ring (bicyclic) bond motifs is 3. The zero-order valence-corrected chi connectivity index (χ0v) is 18.0. The van der Waals surface area contributed by atoms with Gasteiger partial charge in [0, 0.05) is 11.1 Å². The topological polar surface area (TPSA) is 59.7 Å². The summed E-state index contributed by atoms with van der Waals surface area (Å²) in [5.41, 5.74) is 6.46. The van der Waals surface area contributed by atoms with Gasteiger partial charge in [-0.25, -0.2) is 0 Å². The van der Waals surface area contributed by atoms with E-state index in [1.54, 1.807) is 0 Å². The molecule has 0 bridgehead atoms. The summed E-state index contributed by atoms with van der Waals surface area (Å²) in [6.07, 6.45) is -0.608. The summed E-state index contributed by atoms with van der Waals surface area (Å²) in [6, 6.07) is 14.4. The van der Waals surface area contributed by atoms with Crippen LogP contribution in [0.4, 0.5) is 0 Å². The van der Waals surface area contributed by atoms with Crippen LogP contribution in [0.2, 0.25) is 0 Å². The Kier molecular flexibility index (Phi) is 5.48. The Balaban J connectivity index is 1.49. The molecule has 6 heteroatoms. The largest absolute Gasteiger partial charge is 0.490 e. The minimum atomic E-state index is -0.608. The Morgan fingerprint density at radius 2 is 1.76 bits per heavy atom. The average molecular weight is 408 g/mol. The molecule has 0 aliphatic carbocycles. The van der Waals surface area contributed by atoms with Gasteiger partial charge in [-0.15, -0.1) is 10.2 Å². The van der Waals surface area contributed by atoms with E-state index in [9.17, 15) is 5.11 Å². The first-order chi connectivity index (χ1) is 14.0. The van der Waals surface area contributed by atoms with Crippen molar-refractivity contribution >= 4 is 28.3 Å². The fourth-order valence-electron chi connectivity index (χ4n) is 3.51. The minimum Gasteiger partial charge on any atom is -0.490 e. The monoisotopic (exact) mass is 407 g/mol. The maximum absolute atomic E-state index is 10.5. The molecule has 0 fully saturated rings. The molecule has 2 heterocycles. The van der Waals surface area contributed by atoms with Crippen LogP contribution in [0.25, 0.3) is 16.6 Å². The zero-order chi connectivity index (χ0) is 20.5. The maximum Gasteiger partial charge on any atom is 0.196 e. The fourth-order valence-corrected chi connectivity index (χ4v) is 4.37. The highest BCUT2D eigenvalue weighted by molar-refractivity contribution is 7.99. The van der Waals surface area contributed by atoms with E-state index >= 15 is 0 Å². The van der Waals surface area contributed by atoms with Crippen molar-refractivity contribution < 1.29 is 9.84 Å². The van der Waals surface area contributed by atoms with Crippen molar-refractivity contribution in [3.05, 3.63) is 64.7 Å². The molecule has 0 spiro atoms. The van der Waals surface area contributed by atoms with Crippen molar-refractivity contribution in [3.63, 3.8) is 0 Å². The molecule has 2 aromatic heterocycles. The molecule has 1 N–H and O–H groups in total. The van der Waals surface area contributed by atoms with Gasteiger partial charge in [0.25, 0.3) is 0 Å². The Hall–Kier alpha value is -2.57. The van der Waals surface area contributed by atoms with Crippen LogP contribution in [-0.2, 0) is 0 Å². The second kappa shape index (κ2) is 8.05. The molecule has 0 radical (unpaired) electrons. The molecule has 1 atom stereocenters. The van der Waals surface area contributed by atoms with Crippen LogP contribution in [0.3, 0.4) is 0 Å². The second-order valence-electron chi connectivity index (χ2n) is 7.45. The minimum absolute atomic E-state index is 0.245. The molecular formula is C23H25N3O2S. The molecule has 150 valence electrons. The van der Waals surface area contributed by atoms with E-state index < -0.39 is 6.10 Å². The quantitative estimate of drug-likeness (QED) is 0.472. The van der Waals surface area contributed by atoms with E-state index in [-0.39, 0.29) is 6.61 Å². The molecule has 1 unspecified atom stereocenters. The highest BCUT2D eigenvalue weighted by Gasteiger charge is 2.15. The zero-order valence-electron chi connectivity index (χ0n) is 17.1. The van der Waals surface area contributed by atoms with Crippen LogP contribution in [0.5, 0.6) is 5.75 Å². The van der Waals surface area contributed by atoms with Crippen LogP contribution >= 0.6 is 11.8 Å². The number of rotatable bonds is 6. The third-order valence-electron chi connectivity index (χ3n) is 5.27. The van der Waals surface area contributed by atoms with Crippen molar-refractivity contribution in [3.8, 4) is 5.75 Å². The van der Waals surface area contributed by atoms with E-state index in [4.69, 9.17) is 4.74 Å². The van der Waals surface area contributed by atoms with Gasteiger partial charge in [-0.05, 0) is 62.1 Å². The van der Waals surface area contributed by atoms with Crippen molar-refractivity contribution in [2.75, 3.05) is 12.4 Å². The van der Waals surface area contributed by atoms with Gasteiger partial charge in [-0.3, -0.25) is 4.40 Å². The van der Waals surface area contributed by atoms with Gasteiger partial charge in [0.05, 0.1) is 11.6 Å². The number of aliphatic hydroxyl groups excluding tert-OH is 1. The standard InChI is InChI=1S/C23H25N3O2S/c1-14-9-10-15(2)22(17(14)4)28-12-18(27)13-29-23-25-24-21-11-16(3)19-7-5-6-8-20(19)26(21)23/h5-11,18,27H,12-13H2,1-4H3. The third kappa shape index (κ3) is 3.82. The van der Waals surface area contributed by atoms with E-state index in [0.29, 0.717) is 5.75 Å². The molecule has 29 heavy (non-hydrogen) atoms. The summed E-state index contributed by atoms with van der Waals surface area (Å²) in [7, 11) is 0. The SMILES string of the molecule is Cc1ccc(C)c(OCC(O)CSc2nnc3cc(C)c4ccccc4n23)c1C. The number of para-hydroxylation sites is 1. The maximum atomic E-state index is 10.5. The molecular weight excluding hydrogens is 382 g/mol. The van der Waals surface area contributed by atoms with E-state index in [1.165, 1.54) is 28.3 Å². The Morgan fingerprint density at radius 3 is 2.59 bits per heavy atom. The lowest BCUT2D eigenvalue weighted by Crippen LogP contribution is -2.21. The fraction of sp³-hybridized carbons (Fsp3) is 0.304. The number of pyridine rings is 1. The number of ether oxygens (including phenoxy) is 1. The predicted octanol–water partition coefficient (Wildman–Crippen LogP) is 4.65. The summed E-state index contributed by atoms with van der Waals surface area (Å²) in [5, 5.41) is 21.1. The van der Waals surface area contributed by atoms with E-state index in [2.05, 4.69) is 46.6 Å². The van der Waals surface area contributed by atoms with Gasteiger partial charge >= 0.3 is 0 Å². The van der Waals surface area contributed by atoms with Crippen LogP contribution in [0.1, 0.15) is 22.3 Å². The molecule has 0 aliphatic heterocycles. The van der Waals surface area contributed by atoms with Crippen molar-refractivity contribution in [1.82, 2.24) is 14.6 Å². The summed E-state index contributed by atoms with van der Waals surface area (Å²) in [4.78, 5) is 0. The smallest absolute Gasteiger partial charge is 0.196 e. The number of hydrogen-bond donors (Lipinski definition) is 1. The summed E-state index contributed by atoms with van der Waals surface area (Å²) >= 11 is 1.49. The second-order valence-corrected chi connectivity index (χ2v) is 8.44. The van der Waals surface area contributed by atoms with Gasteiger partial charge in [0.1, 0.15) is 12.4 Å². The average Bonchev–Trinajstić information content (AvgIpc) is 3.12. The highest BCUT2D eigenvalue weighted by atomic mass is 32.2. The first-order valence-electron chi connectivity index (χ1n) is 9.69. The van der Waals surface area contributed by atoms with E-state index in [1.807, 2.05) is 38.1 Å². The summed E-state index contributed by atoms with van der Waals surface area (Å²) in [6.45, 7) is 8.47. The Labute approximate surface area is 174 Å². The molecule has 2 aromatic carbocycles. The van der Waals surface area contributed by atoms with Crippen LogP contribution in [0, 0.1) is 27.7 Å². The van der Waals surface area contributed by atoms with Crippen molar-refractivity contribution in [2.24, 2.45) is 0 Å². The van der Waals surface area contributed by atoms with Gasteiger partial charge in [-0.1, -0.05) is 42.1 Å². The molecule has 4 rings (SSSR count). The molecule has 5 nitrogen and oxygen atoms in total. The lowest BCUT2D eigenvalue weighted by Gasteiger charge is -2.16. The number of aliphatic hydroxyl groups is 1. The van der Waals surface area contributed by atoms with Crippen LogP contribution < -0.4 is 4.74 Å². The molecule has 0 amide bonds. The molecule has 0 aliphatic rings. The lowest BCUT2D eigenvalue weighted by atomic mass is 10.1. The third-order valence-corrected chi connectivity index (χ3v) is 6.35. The molecule has 4 aromatic rings. The van der Waals surface area contributed by atoms with Gasteiger partial charge in [-0.2, -0.15) is 0 Å². The number of thioether (sulfide) groups is 1. The summed E-state index contributed by atoms with van der Waals surface area (Å²) in [5.74, 6) is 1.34. The summed E-state index contributed by atoms with van der Waals surface area (Å²) < 4.78 is 8.00. The van der Waals surface area contributed by atoms with Gasteiger partial charge in [0.15, 0.2) is 10.8 Å². The van der Waals surface area contributed by atoms with Gasteiger partial charge < -0.3 is 9.84 Å². The van der Waals surface area contributed by atoms with Crippen molar-refractivity contribution in [2.45, 2.75) is 39.0 Å². The van der Waals surface area contributed by atoms with Crippen LogP contribution in [0.15, 0.2) is 47.6 Å². The predicted molar refractivity (Wildman–Crippen MR) is 118 cm³/mol. The highest BCUT2D eigenvalue weighted by Crippen LogP contribution is 2.28. The lowest BCUT2D eigenvalue weighted by molar-refractivity contribution is 0.125. The first kappa shape index (κ1) is 19.7. The number of aryl methyl sites for hydroxylation is 3. The van der Waals surface area contributed by atoms with Crippen LogP contribution in [-0.4, -0.2) is 38.2 Å². The number of benzene rings is 2. The van der Waals surface area contributed by atoms with Gasteiger partial charge in [0.2, 0.25) is 0 Å². The number of aromatic nitrogens is 3. The van der Waals surface area contributed by atoms with Crippen molar-refractivity contribution in [1.29, 1.82) is 0 Å². The normalized spacial score (nSPS) is 12.6. The Bertz CT molecular complexity index is 1190. The molecule has 0 saturated carbocycles. The molecule has 0 saturated heterocycles. The first-order valence-corrected chi connectivity index (χ1v) is 10.7. The Morgan fingerprint density at radius 1 is 1.00 bits per heavy atom. The number of hydrogen-bond acceptors (Lipinski definition) is 5.